The summed E-state index contributed by atoms with van der Waals surface area (Å²) in [6.07, 6.45) is -0.126. The van der Waals surface area contributed by atoms with Gasteiger partial charge < -0.3 is 19.2 Å². The molecule has 0 aliphatic heterocycles. The molecule has 3 heterocycles. The molecule has 3 rings (SSSR count). The van der Waals surface area contributed by atoms with Crippen LogP contribution in [0.5, 0.6) is 0 Å². The monoisotopic (exact) mass is 417 g/mol. The van der Waals surface area contributed by atoms with Crippen molar-refractivity contribution < 1.29 is 28.3 Å². The molecule has 11 heteroatoms. The first-order valence-electron chi connectivity index (χ1n) is 9.46. The van der Waals surface area contributed by atoms with Crippen molar-refractivity contribution in [3.8, 4) is 0 Å². The van der Waals surface area contributed by atoms with Crippen LogP contribution in [-0.4, -0.2) is 50.7 Å². The van der Waals surface area contributed by atoms with Gasteiger partial charge in [-0.15, -0.1) is 5.10 Å². The summed E-state index contributed by atoms with van der Waals surface area (Å²) in [6.45, 7) is 7.33. The van der Waals surface area contributed by atoms with E-state index in [9.17, 15) is 14.4 Å². The van der Waals surface area contributed by atoms with Gasteiger partial charge in [0.1, 0.15) is 5.52 Å². The third-order valence-electron chi connectivity index (χ3n) is 4.40. The van der Waals surface area contributed by atoms with Crippen molar-refractivity contribution in [3.05, 3.63) is 28.8 Å². The number of anilines is 1. The number of ether oxygens (including phenoxy) is 2. The highest BCUT2D eigenvalue weighted by Gasteiger charge is 2.26. The minimum Gasteiger partial charge on any atom is -0.460 e. The van der Waals surface area contributed by atoms with Crippen LogP contribution in [0, 0.1) is 13.8 Å². The first kappa shape index (κ1) is 21.1. The summed E-state index contributed by atoms with van der Waals surface area (Å²) in [5, 5.41) is 11.0. The summed E-state index contributed by atoms with van der Waals surface area (Å²) in [4.78, 5) is 37.3. The van der Waals surface area contributed by atoms with Crippen molar-refractivity contribution in [1.29, 1.82) is 0 Å². The molecule has 0 atom stereocenters. The molecule has 0 aliphatic carbocycles. The highest BCUT2D eigenvalue weighted by molar-refractivity contribution is 6.09. The van der Waals surface area contributed by atoms with Gasteiger partial charge >= 0.3 is 12.1 Å². The van der Waals surface area contributed by atoms with Crippen LogP contribution in [0.3, 0.4) is 0 Å². The summed E-state index contributed by atoms with van der Waals surface area (Å²) in [5.74, 6) is -1.29. The average Bonchev–Trinajstić information content (AvgIpc) is 3.33. The number of hydrogen-bond acceptors (Lipinski definition) is 8. The number of esters is 1. The Bertz CT molecular complexity index is 1120. The average molecular weight is 417 g/mol. The third kappa shape index (κ3) is 3.78. The van der Waals surface area contributed by atoms with Gasteiger partial charge in [-0.3, -0.25) is 9.48 Å². The van der Waals surface area contributed by atoms with Gasteiger partial charge in [-0.1, -0.05) is 6.92 Å². The Labute approximate surface area is 171 Å². The predicted molar refractivity (Wildman–Crippen MR) is 106 cm³/mol. The maximum Gasteiger partial charge on any atom is 0.435 e. The minimum absolute atomic E-state index is 0.0275. The molecule has 0 saturated heterocycles. The normalized spacial score (nSPS) is 11.0. The lowest BCUT2D eigenvalue weighted by molar-refractivity contribution is 0.0471. The van der Waals surface area contributed by atoms with Crippen molar-refractivity contribution in [2.75, 3.05) is 18.5 Å². The number of furan rings is 1. The first-order chi connectivity index (χ1) is 14.3. The Morgan fingerprint density at radius 2 is 1.90 bits per heavy atom. The second-order valence-electron chi connectivity index (χ2n) is 6.54. The number of carbonyl (C=O) groups excluding carboxylic acids is 3. The molecule has 0 spiro atoms. The molecule has 0 fully saturated rings. The van der Waals surface area contributed by atoms with Crippen LogP contribution in [0.15, 0.2) is 10.5 Å². The zero-order valence-corrected chi connectivity index (χ0v) is 17.4. The Morgan fingerprint density at radius 3 is 2.50 bits per heavy atom. The lowest BCUT2D eigenvalue weighted by Crippen LogP contribution is -2.17. The zero-order chi connectivity index (χ0) is 22.0. The van der Waals surface area contributed by atoms with E-state index < -0.39 is 18.0 Å². The largest absolute Gasteiger partial charge is 0.460 e. The Balaban J connectivity index is 2.02. The highest BCUT2D eigenvalue weighted by Crippen LogP contribution is 2.28. The number of aryl methyl sites for hydroxylation is 2. The minimum atomic E-state index is -0.772. The number of nitrogens with zero attached hydrogens (tertiary/aromatic N) is 4. The SMILES string of the molecule is CCCOC(=O)c1cc2c(o1)c(NC(=O)c1c(C)nn(C)c1C)nn2C(=O)OCC. The van der Waals surface area contributed by atoms with E-state index in [4.69, 9.17) is 13.9 Å². The van der Waals surface area contributed by atoms with Gasteiger partial charge in [-0.2, -0.15) is 9.78 Å². The van der Waals surface area contributed by atoms with Gasteiger partial charge in [0.25, 0.3) is 5.91 Å². The number of carbonyl (C=O) groups is 3. The van der Waals surface area contributed by atoms with Crippen LogP contribution in [0.25, 0.3) is 11.1 Å². The topological polar surface area (TPSA) is 130 Å². The van der Waals surface area contributed by atoms with Crippen LogP contribution < -0.4 is 5.32 Å². The molecule has 1 amide bonds. The Kier molecular flexibility index (Phi) is 5.90. The van der Waals surface area contributed by atoms with Crippen molar-refractivity contribution in [1.82, 2.24) is 19.6 Å². The lowest BCUT2D eigenvalue weighted by Gasteiger charge is -2.04. The fourth-order valence-corrected chi connectivity index (χ4v) is 2.95. The van der Waals surface area contributed by atoms with Crippen LogP contribution in [0.4, 0.5) is 10.6 Å². The number of amides is 1. The van der Waals surface area contributed by atoms with E-state index in [2.05, 4.69) is 15.5 Å². The van der Waals surface area contributed by atoms with Crippen molar-refractivity contribution in [3.63, 3.8) is 0 Å². The number of hydrogen-bond donors (Lipinski definition) is 1. The molecule has 0 radical (unpaired) electrons. The number of aromatic nitrogens is 4. The maximum atomic E-state index is 12.8. The third-order valence-corrected chi connectivity index (χ3v) is 4.40. The van der Waals surface area contributed by atoms with E-state index in [0.29, 0.717) is 23.4 Å². The fourth-order valence-electron chi connectivity index (χ4n) is 2.95. The Morgan fingerprint density at radius 1 is 1.17 bits per heavy atom. The number of fused-ring (bicyclic) bond motifs is 1. The zero-order valence-electron chi connectivity index (χ0n) is 17.4. The first-order valence-corrected chi connectivity index (χ1v) is 9.46. The molecule has 11 nitrogen and oxygen atoms in total. The van der Waals surface area contributed by atoms with E-state index in [1.807, 2.05) is 6.92 Å². The lowest BCUT2D eigenvalue weighted by atomic mass is 10.2. The van der Waals surface area contributed by atoms with E-state index in [-0.39, 0.29) is 35.9 Å². The number of nitrogens with one attached hydrogen (secondary N) is 1. The van der Waals surface area contributed by atoms with Gasteiger partial charge in [0.2, 0.25) is 5.76 Å². The molecule has 30 heavy (non-hydrogen) atoms. The van der Waals surface area contributed by atoms with Gasteiger partial charge in [0.15, 0.2) is 11.4 Å². The summed E-state index contributed by atoms with van der Waals surface area (Å²) in [5.41, 5.74) is 1.81. The molecule has 0 saturated carbocycles. The van der Waals surface area contributed by atoms with Gasteiger partial charge in [-0.05, 0) is 27.2 Å². The molecule has 0 aliphatic rings. The predicted octanol–water partition coefficient (Wildman–Crippen LogP) is 2.80. The van der Waals surface area contributed by atoms with Crippen LogP contribution in [0.1, 0.15) is 52.6 Å². The molecule has 0 bridgehead atoms. The summed E-state index contributed by atoms with van der Waals surface area (Å²) >= 11 is 0. The molecule has 0 unspecified atom stereocenters. The summed E-state index contributed by atoms with van der Waals surface area (Å²) in [7, 11) is 1.73. The molecule has 0 aromatic carbocycles. The summed E-state index contributed by atoms with van der Waals surface area (Å²) in [6, 6.07) is 1.33. The molecule has 1 N–H and O–H groups in total. The van der Waals surface area contributed by atoms with Crippen LogP contribution in [0.2, 0.25) is 0 Å². The standard InChI is InChI=1S/C19H23N5O6/c1-6-8-29-18(26)13-9-12-15(30-13)16(22-24(12)19(27)28-7-2)20-17(25)14-10(3)21-23(5)11(14)4/h9H,6-8H2,1-5H3,(H,20,22,25). The van der Waals surface area contributed by atoms with E-state index >= 15 is 0 Å². The maximum absolute atomic E-state index is 12.8. The van der Waals surface area contributed by atoms with Crippen LogP contribution >= 0.6 is 0 Å². The highest BCUT2D eigenvalue weighted by atomic mass is 16.6. The fraction of sp³-hybridized carbons (Fsp3) is 0.421. The van der Waals surface area contributed by atoms with Gasteiger partial charge in [0, 0.05) is 18.8 Å². The number of rotatable bonds is 6. The van der Waals surface area contributed by atoms with Gasteiger partial charge in [0.05, 0.1) is 24.5 Å². The molecule has 3 aromatic heterocycles. The van der Waals surface area contributed by atoms with Crippen molar-refractivity contribution in [2.45, 2.75) is 34.1 Å². The quantitative estimate of drug-likeness (QED) is 0.606. The molecule has 3 aromatic rings. The second-order valence-corrected chi connectivity index (χ2v) is 6.54. The van der Waals surface area contributed by atoms with Gasteiger partial charge in [-0.25, -0.2) is 9.59 Å². The second kappa shape index (κ2) is 8.39. The van der Waals surface area contributed by atoms with E-state index in [1.54, 1.807) is 32.5 Å². The van der Waals surface area contributed by atoms with Crippen molar-refractivity contribution >= 4 is 34.9 Å². The molecular weight excluding hydrogens is 394 g/mol. The van der Waals surface area contributed by atoms with E-state index in [1.165, 1.54) is 6.07 Å². The Hall–Kier alpha value is -3.63. The van der Waals surface area contributed by atoms with E-state index in [0.717, 1.165) is 4.68 Å². The van der Waals surface area contributed by atoms with Crippen LogP contribution in [-0.2, 0) is 16.5 Å². The molecule has 160 valence electrons. The smallest absolute Gasteiger partial charge is 0.435 e. The summed E-state index contributed by atoms with van der Waals surface area (Å²) < 4.78 is 18.1. The van der Waals surface area contributed by atoms with Crippen molar-refractivity contribution in [2.24, 2.45) is 7.05 Å². The molecular formula is C19H23N5O6.